The molecule has 134 valence electrons. The van der Waals surface area contributed by atoms with Crippen LogP contribution in [-0.4, -0.2) is 26.0 Å². The van der Waals surface area contributed by atoms with E-state index in [9.17, 15) is 9.59 Å². The summed E-state index contributed by atoms with van der Waals surface area (Å²) in [6.45, 7) is 1.94. The van der Waals surface area contributed by atoms with Crippen LogP contribution in [0.1, 0.15) is 11.1 Å². The highest BCUT2D eigenvalue weighted by molar-refractivity contribution is 6.33. The monoisotopic (exact) mass is 372 g/mol. The van der Waals surface area contributed by atoms with E-state index < -0.39 is 11.8 Å². The number of anilines is 1. The molecule has 2 aromatic rings. The summed E-state index contributed by atoms with van der Waals surface area (Å²) in [7, 11) is 2.97. The maximum atomic E-state index is 12.7. The lowest BCUT2D eigenvalue weighted by atomic mass is 10.1. The predicted molar refractivity (Wildman–Crippen MR) is 99.3 cm³/mol. The van der Waals surface area contributed by atoms with Gasteiger partial charge >= 0.3 is 0 Å². The van der Waals surface area contributed by atoms with Gasteiger partial charge in [0.25, 0.3) is 11.8 Å². The number of nitrogens with one attached hydrogen (secondary N) is 1. The number of benzene rings is 2. The Kier molecular flexibility index (Phi) is 4.86. The zero-order valence-corrected chi connectivity index (χ0v) is 15.3. The Balaban J connectivity index is 1.96. The molecule has 2 amide bonds. The zero-order chi connectivity index (χ0) is 18.8. The van der Waals surface area contributed by atoms with E-state index in [0.29, 0.717) is 27.8 Å². The van der Waals surface area contributed by atoms with Gasteiger partial charge in [0.15, 0.2) is 11.5 Å². The molecule has 0 saturated carbocycles. The first kappa shape index (κ1) is 17.8. The fourth-order valence-corrected chi connectivity index (χ4v) is 2.92. The highest BCUT2D eigenvalue weighted by Gasteiger charge is 2.34. The molecule has 0 aromatic heterocycles. The minimum absolute atomic E-state index is 0.00821. The van der Waals surface area contributed by atoms with Crippen molar-refractivity contribution in [2.45, 2.75) is 6.92 Å². The lowest BCUT2D eigenvalue weighted by molar-refractivity contribution is -0.117. The normalized spacial score (nSPS) is 15.4. The molecule has 0 aliphatic carbocycles. The summed E-state index contributed by atoms with van der Waals surface area (Å²) >= 11 is 6.18. The van der Waals surface area contributed by atoms with Crippen molar-refractivity contribution in [3.05, 3.63) is 58.1 Å². The van der Waals surface area contributed by atoms with Crippen molar-refractivity contribution in [2.75, 3.05) is 19.2 Å². The number of hydrazine groups is 1. The Morgan fingerprint density at radius 2 is 1.77 bits per heavy atom. The lowest BCUT2D eigenvalue weighted by Crippen LogP contribution is -2.35. The molecule has 0 unspecified atom stereocenters. The molecule has 7 heteroatoms. The number of amides is 2. The molecule has 1 heterocycles. The Hall–Kier alpha value is -2.99. The van der Waals surface area contributed by atoms with Gasteiger partial charge in [0.1, 0.15) is 5.57 Å². The third kappa shape index (κ3) is 3.23. The summed E-state index contributed by atoms with van der Waals surface area (Å²) < 4.78 is 10.4. The number of rotatable bonds is 4. The van der Waals surface area contributed by atoms with Gasteiger partial charge < -0.3 is 9.47 Å². The average molecular weight is 373 g/mol. The van der Waals surface area contributed by atoms with Crippen molar-refractivity contribution in [3.8, 4) is 11.5 Å². The van der Waals surface area contributed by atoms with Crippen LogP contribution in [0.5, 0.6) is 11.5 Å². The van der Waals surface area contributed by atoms with E-state index in [4.69, 9.17) is 21.1 Å². The van der Waals surface area contributed by atoms with E-state index in [2.05, 4.69) is 5.43 Å². The van der Waals surface area contributed by atoms with Gasteiger partial charge in [0.05, 0.1) is 24.9 Å². The maximum absolute atomic E-state index is 12.7. The third-order valence-electron chi connectivity index (χ3n) is 3.95. The summed E-state index contributed by atoms with van der Waals surface area (Å²) in [4.78, 5) is 24.9. The van der Waals surface area contributed by atoms with Crippen LogP contribution >= 0.6 is 11.6 Å². The van der Waals surface area contributed by atoms with Crippen molar-refractivity contribution in [1.82, 2.24) is 5.43 Å². The Labute approximate surface area is 155 Å². The first-order valence-electron chi connectivity index (χ1n) is 7.80. The Morgan fingerprint density at radius 3 is 2.38 bits per heavy atom. The first-order chi connectivity index (χ1) is 12.4. The van der Waals surface area contributed by atoms with E-state index in [1.165, 1.54) is 25.3 Å². The number of methoxy groups -OCH3 is 2. The molecule has 2 aromatic carbocycles. The third-order valence-corrected chi connectivity index (χ3v) is 4.23. The molecule has 1 aliphatic rings. The highest BCUT2D eigenvalue weighted by Crippen LogP contribution is 2.37. The SMILES string of the molecule is COc1cc(/C=C2/C(=O)NN(c3ccc(C)cc3)C2=O)cc(Cl)c1OC. The Morgan fingerprint density at radius 1 is 1.08 bits per heavy atom. The molecule has 1 N–H and O–H groups in total. The van der Waals surface area contributed by atoms with Crippen LogP contribution in [0, 0.1) is 6.92 Å². The van der Waals surface area contributed by atoms with Crippen LogP contribution in [-0.2, 0) is 9.59 Å². The molecule has 6 nitrogen and oxygen atoms in total. The number of halogens is 1. The van der Waals surface area contributed by atoms with Crippen molar-refractivity contribution >= 4 is 35.2 Å². The minimum Gasteiger partial charge on any atom is -0.493 e. The van der Waals surface area contributed by atoms with Gasteiger partial charge in [-0.25, -0.2) is 5.01 Å². The Bertz CT molecular complexity index is 907. The largest absolute Gasteiger partial charge is 0.493 e. The van der Waals surface area contributed by atoms with Crippen LogP contribution in [0.15, 0.2) is 42.0 Å². The molecule has 0 atom stereocenters. The molecule has 1 fully saturated rings. The number of aryl methyl sites for hydroxylation is 1. The zero-order valence-electron chi connectivity index (χ0n) is 14.5. The number of hydrogen-bond donors (Lipinski definition) is 1. The molecule has 3 rings (SSSR count). The van der Waals surface area contributed by atoms with Crippen LogP contribution in [0.3, 0.4) is 0 Å². The summed E-state index contributed by atoms with van der Waals surface area (Å²) in [5, 5.41) is 1.54. The van der Waals surface area contributed by atoms with E-state index in [1.807, 2.05) is 19.1 Å². The van der Waals surface area contributed by atoms with Crippen LogP contribution < -0.4 is 19.9 Å². The summed E-state index contributed by atoms with van der Waals surface area (Å²) in [5.41, 5.74) is 4.77. The fourth-order valence-electron chi connectivity index (χ4n) is 2.62. The predicted octanol–water partition coefficient (Wildman–Crippen LogP) is 3.13. The number of carbonyl (C=O) groups excluding carboxylic acids is 2. The summed E-state index contributed by atoms with van der Waals surface area (Å²) in [5.74, 6) is -0.126. The highest BCUT2D eigenvalue weighted by atomic mass is 35.5. The smallest absolute Gasteiger partial charge is 0.282 e. The molecular formula is C19H17ClN2O4. The van der Waals surface area contributed by atoms with Crippen LogP contribution in [0.2, 0.25) is 5.02 Å². The second kappa shape index (κ2) is 7.09. The number of ether oxygens (including phenoxy) is 2. The van der Waals surface area contributed by atoms with Gasteiger partial charge in [0, 0.05) is 0 Å². The van der Waals surface area contributed by atoms with Gasteiger partial charge in [-0.05, 0) is 42.8 Å². The van der Waals surface area contributed by atoms with Crippen molar-refractivity contribution in [2.24, 2.45) is 0 Å². The maximum Gasteiger partial charge on any atom is 0.282 e. The van der Waals surface area contributed by atoms with Crippen LogP contribution in [0.4, 0.5) is 5.69 Å². The van der Waals surface area contributed by atoms with Crippen molar-refractivity contribution < 1.29 is 19.1 Å². The fraction of sp³-hybridized carbons (Fsp3) is 0.158. The van der Waals surface area contributed by atoms with Crippen molar-refractivity contribution in [3.63, 3.8) is 0 Å². The van der Waals surface area contributed by atoms with E-state index in [1.54, 1.807) is 24.3 Å². The number of carbonyl (C=O) groups is 2. The molecule has 26 heavy (non-hydrogen) atoms. The average Bonchev–Trinajstić information content (AvgIpc) is 2.90. The minimum atomic E-state index is -0.485. The van der Waals surface area contributed by atoms with Gasteiger partial charge in [0.2, 0.25) is 0 Å². The van der Waals surface area contributed by atoms with Gasteiger partial charge in [-0.2, -0.15) is 0 Å². The quantitative estimate of drug-likeness (QED) is 0.661. The summed E-state index contributed by atoms with van der Waals surface area (Å²) in [6, 6.07) is 10.5. The second-order valence-electron chi connectivity index (χ2n) is 5.71. The standard InChI is InChI=1S/C19H17ClN2O4/c1-11-4-6-13(7-5-11)22-19(24)14(18(23)21-22)8-12-9-15(20)17(26-3)16(10-12)25-2/h4-10H,1-3H3,(H,21,23)/b14-8-. The van der Waals surface area contributed by atoms with Crippen LogP contribution in [0.25, 0.3) is 6.08 Å². The topological polar surface area (TPSA) is 67.9 Å². The number of nitrogens with zero attached hydrogens (tertiary/aromatic N) is 1. The van der Waals surface area contributed by atoms with Gasteiger partial charge in [-0.3, -0.25) is 15.0 Å². The van der Waals surface area contributed by atoms with E-state index >= 15 is 0 Å². The van der Waals surface area contributed by atoms with Gasteiger partial charge in [-0.1, -0.05) is 29.3 Å². The van der Waals surface area contributed by atoms with E-state index in [0.717, 1.165) is 5.56 Å². The molecule has 0 bridgehead atoms. The van der Waals surface area contributed by atoms with Gasteiger partial charge in [-0.15, -0.1) is 0 Å². The summed E-state index contributed by atoms with van der Waals surface area (Å²) in [6.07, 6.45) is 1.47. The first-order valence-corrected chi connectivity index (χ1v) is 8.17. The molecule has 0 radical (unpaired) electrons. The van der Waals surface area contributed by atoms with Crippen molar-refractivity contribution in [1.29, 1.82) is 0 Å². The molecule has 0 spiro atoms. The number of hydrogen-bond acceptors (Lipinski definition) is 4. The lowest BCUT2D eigenvalue weighted by Gasteiger charge is -2.14. The molecule has 1 aliphatic heterocycles. The van der Waals surface area contributed by atoms with E-state index in [-0.39, 0.29) is 5.57 Å². The second-order valence-corrected chi connectivity index (χ2v) is 6.12. The molecular weight excluding hydrogens is 356 g/mol. The molecule has 1 saturated heterocycles.